The zero-order valence-corrected chi connectivity index (χ0v) is 13.1. The first-order valence-electron chi connectivity index (χ1n) is 6.96. The Kier molecular flexibility index (Phi) is 5.98. The number of nitriles is 1. The molecule has 0 aromatic heterocycles. The molecule has 1 N–H and O–H groups in total. The summed E-state index contributed by atoms with van der Waals surface area (Å²) >= 11 is 0. The summed E-state index contributed by atoms with van der Waals surface area (Å²) in [6.45, 7) is 8.01. The number of amides is 1. The first-order chi connectivity index (χ1) is 9.81. The molecule has 4 nitrogen and oxygen atoms in total. The topological polar surface area (TPSA) is 62.1 Å². The van der Waals surface area contributed by atoms with Crippen LogP contribution in [0.15, 0.2) is 24.3 Å². The molecule has 21 heavy (non-hydrogen) atoms. The quantitative estimate of drug-likeness (QED) is 0.856. The molecular formula is C17H22N2O2. The van der Waals surface area contributed by atoms with Gasteiger partial charge in [0.1, 0.15) is 5.60 Å². The molecule has 1 amide bonds. The zero-order valence-electron chi connectivity index (χ0n) is 13.1. The van der Waals surface area contributed by atoms with Gasteiger partial charge in [-0.15, -0.1) is 0 Å². The second-order valence-corrected chi connectivity index (χ2v) is 5.80. The van der Waals surface area contributed by atoms with Gasteiger partial charge in [0.25, 0.3) is 0 Å². The third-order valence-electron chi connectivity index (χ3n) is 2.68. The van der Waals surface area contributed by atoms with Crippen LogP contribution in [-0.2, 0) is 4.74 Å². The van der Waals surface area contributed by atoms with Gasteiger partial charge in [-0.2, -0.15) is 5.26 Å². The van der Waals surface area contributed by atoms with E-state index >= 15 is 0 Å². The lowest BCUT2D eigenvalue weighted by Gasteiger charge is -2.19. The van der Waals surface area contributed by atoms with Gasteiger partial charge >= 0.3 is 6.09 Å². The highest BCUT2D eigenvalue weighted by Gasteiger charge is 2.15. The molecule has 4 heteroatoms. The van der Waals surface area contributed by atoms with Crippen LogP contribution in [0, 0.1) is 18.3 Å². The van der Waals surface area contributed by atoms with Crippen LogP contribution in [-0.4, -0.2) is 18.2 Å². The Morgan fingerprint density at radius 2 is 2.14 bits per heavy atom. The van der Waals surface area contributed by atoms with Gasteiger partial charge in [0.05, 0.1) is 11.6 Å². The first kappa shape index (κ1) is 16.8. The molecule has 112 valence electrons. The molecule has 0 heterocycles. The van der Waals surface area contributed by atoms with Crippen molar-refractivity contribution < 1.29 is 9.53 Å². The van der Waals surface area contributed by atoms with Gasteiger partial charge in [0.2, 0.25) is 0 Å². The van der Waals surface area contributed by atoms with Crippen LogP contribution in [0.4, 0.5) is 4.79 Å². The van der Waals surface area contributed by atoms with Crippen LogP contribution < -0.4 is 5.32 Å². The molecule has 0 aliphatic rings. The molecular weight excluding hydrogens is 264 g/mol. The Bertz CT molecular complexity index is 563. The number of alkyl carbamates (subject to hydrolysis) is 1. The highest BCUT2D eigenvalue weighted by Crippen LogP contribution is 2.12. The van der Waals surface area contributed by atoms with E-state index < -0.39 is 11.7 Å². The Morgan fingerprint density at radius 3 is 2.76 bits per heavy atom. The van der Waals surface area contributed by atoms with E-state index in [1.54, 1.807) is 6.07 Å². The molecule has 0 fully saturated rings. The SMILES string of the molecule is Cc1ccc(C#N)cc1C=CCCNC(=O)OC(C)(C)C. The number of nitrogens with one attached hydrogen (secondary N) is 1. The summed E-state index contributed by atoms with van der Waals surface area (Å²) in [6, 6.07) is 7.71. The van der Waals surface area contributed by atoms with Crippen molar-refractivity contribution in [1.82, 2.24) is 5.32 Å². The molecule has 1 aromatic carbocycles. The van der Waals surface area contributed by atoms with Crippen LogP contribution in [0.1, 0.15) is 43.9 Å². The van der Waals surface area contributed by atoms with Gasteiger partial charge in [0, 0.05) is 6.54 Å². The normalized spacial score (nSPS) is 11.2. The largest absolute Gasteiger partial charge is 0.444 e. The minimum Gasteiger partial charge on any atom is -0.444 e. The summed E-state index contributed by atoms with van der Waals surface area (Å²) in [5.41, 5.74) is 2.30. The molecule has 1 aromatic rings. The fraction of sp³-hybridized carbons (Fsp3) is 0.412. The summed E-state index contributed by atoms with van der Waals surface area (Å²) < 4.78 is 5.14. The summed E-state index contributed by atoms with van der Waals surface area (Å²) in [7, 11) is 0. The fourth-order valence-electron chi connectivity index (χ4n) is 1.67. The van der Waals surface area contributed by atoms with Crippen molar-refractivity contribution in [3.8, 4) is 6.07 Å². The number of benzene rings is 1. The van der Waals surface area contributed by atoms with Crippen molar-refractivity contribution in [3.63, 3.8) is 0 Å². The first-order valence-corrected chi connectivity index (χ1v) is 6.96. The van der Waals surface area contributed by atoms with Crippen molar-refractivity contribution in [2.75, 3.05) is 6.54 Å². The average Bonchev–Trinajstić information content (AvgIpc) is 2.38. The van der Waals surface area contributed by atoms with E-state index in [4.69, 9.17) is 10.00 Å². The zero-order chi connectivity index (χ0) is 15.9. The van der Waals surface area contributed by atoms with Crippen molar-refractivity contribution in [1.29, 1.82) is 5.26 Å². The molecule has 0 saturated heterocycles. The van der Waals surface area contributed by atoms with Gasteiger partial charge in [-0.1, -0.05) is 18.2 Å². The van der Waals surface area contributed by atoms with Gasteiger partial charge < -0.3 is 10.1 Å². The number of carbonyl (C=O) groups is 1. The molecule has 0 radical (unpaired) electrons. The van der Waals surface area contributed by atoms with Gasteiger partial charge in [0.15, 0.2) is 0 Å². The Labute approximate surface area is 126 Å². The number of nitrogens with zero attached hydrogens (tertiary/aromatic N) is 1. The highest BCUT2D eigenvalue weighted by atomic mass is 16.6. The number of ether oxygens (including phenoxy) is 1. The molecule has 0 aliphatic heterocycles. The van der Waals surface area contributed by atoms with Crippen LogP contribution in [0.3, 0.4) is 0 Å². The van der Waals surface area contributed by atoms with Crippen molar-refractivity contribution in [3.05, 3.63) is 41.0 Å². The second-order valence-electron chi connectivity index (χ2n) is 5.80. The van der Waals surface area contributed by atoms with E-state index in [1.165, 1.54) is 0 Å². The monoisotopic (exact) mass is 286 g/mol. The lowest BCUT2D eigenvalue weighted by molar-refractivity contribution is 0.0529. The molecule has 1 rings (SSSR count). The standard InChI is InChI=1S/C17H22N2O2/c1-13-8-9-14(12-18)11-15(13)7-5-6-10-19-16(20)21-17(2,3)4/h5,7-9,11H,6,10H2,1-4H3,(H,19,20). The van der Waals surface area contributed by atoms with Gasteiger partial charge in [-0.25, -0.2) is 4.79 Å². The summed E-state index contributed by atoms with van der Waals surface area (Å²) in [5.74, 6) is 0. The van der Waals surface area contributed by atoms with E-state index in [-0.39, 0.29) is 0 Å². The molecule has 0 atom stereocenters. The number of carbonyl (C=O) groups excluding carboxylic acids is 1. The minimum absolute atomic E-state index is 0.404. The van der Waals surface area contributed by atoms with Crippen molar-refractivity contribution in [2.45, 2.75) is 39.7 Å². The smallest absolute Gasteiger partial charge is 0.407 e. The summed E-state index contributed by atoms with van der Waals surface area (Å²) in [5, 5.41) is 11.6. The molecule has 0 unspecified atom stereocenters. The number of aryl methyl sites for hydroxylation is 1. The fourth-order valence-corrected chi connectivity index (χ4v) is 1.67. The van der Waals surface area contributed by atoms with E-state index in [0.29, 0.717) is 18.5 Å². The van der Waals surface area contributed by atoms with Crippen LogP contribution in [0.5, 0.6) is 0 Å². The maximum absolute atomic E-state index is 11.4. The maximum atomic E-state index is 11.4. The van der Waals surface area contributed by atoms with Crippen molar-refractivity contribution >= 4 is 12.2 Å². The molecule has 0 spiro atoms. The van der Waals surface area contributed by atoms with Crippen LogP contribution in [0.2, 0.25) is 0 Å². The predicted octanol–water partition coefficient (Wildman–Crippen LogP) is 3.79. The van der Waals surface area contributed by atoms with E-state index in [9.17, 15) is 4.79 Å². The van der Waals surface area contributed by atoms with Gasteiger partial charge in [-0.05, 0) is 57.4 Å². The highest BCUT2D eigenvalue weighted by molar-refractivity contribution is 5.67. The number of hydrogen-bond donors (Lipinski definition) is 1. The molecule has 0 aliphatic carbocycles. The average molecular weight is 286 g/mol. The van der Waals surface area contributed by atoms with Crippen LogP contribution >= 0.6 is 0 Å². The van der Waals surface area contributed by atoms with Crippen LogP contribution in [0.25, 0.3) is 6.08 Å². The van der Waals surface area contributed by atoms with E-state index in [0.717, 1.165) is 11.1 Å². The molecule has 0 saturated carbocycles. The van der Waals surface area contributed by atoms with Crippen molar-refractivity contribution in [2.24, 2.45) is 0 Å². The number of hydrogen-bond acceptors (Lipinski definition) is 3. The summed E-state index contributed by atoms with van der Waals surface area (Å²) in [4.78, 5) is 11.4. The Morgan fingerprint density at radius 1 is 1.43 bits per heavy atom. The Hall–Kier alpha value is -2.28. The van der Waals surface area contributed by atoms with Gasteiger partial charge in [-0.3, -0.25) is 0 Å². The maximum Gasteiger partial charge on any atom is 0.407 e. The lowest BCUT2D eigenvalue weighted by Crippen LogP contribution is -2.32. The minimum atomic E-state index is -0.477. The third kappa shape index (κ3) is 6.62. The lowest BCUT2D eigenvalue weighted by atomic mass is 10.0. The third-order valence-corrected chi connectivity index (χ3v) is 2.68. The predicted molar refractivity (Wildman–Crippen MR) is 83.8 cm³/mol. The summed E-state index contributed by atoms with van der Waals surface area (Å²) in [6.07, 6.45) is 4.24. The number of rotatable bonds is 4. The Balaban J connectivity index is 2.43. The molecule has 0 bridgehead atoms. The van der Waals surface area contributed by atoms with E-state index in [1.807, 2.05) is 52.0 Å². The second kappa shape index (κ2) is 7.49. The van der Waals surface area contributed by atoms with E-state index in [2.05, 4.69) is 11.4 Å².